The van der Waals surface area contributed by atoms with Crippen LogP contribution in [0.3, 0.4) is 0 Å². The highest BCUT2D eigenvalue weighted by molar-refractivity contribution is 4.81. The van der Waals surface area contributed by atoms with Crippen molar-refractivity contribution in [2.75, 3.05) is 13.1 Å². The standard InChI is InChI=1S/C6H12N4/c7-3-5-1-6(2-5)4-9-10-8/h5-6H,1-4,7H2. The fourth-order valence-electron chi connectivity index (χ4n) is 1.37. The molecule has 0 amide bonds. The van der Waals surface area contributed by atoms with E-state index >= 15 is 0 Å². The highest BCUT2D eigenvalue weighted by Crippen LogP contribution is 2.32. The maximum absolute atomic E-state index is 7.99. The number of hydrogen-bond donors (Lipinski definition) is 1. The maximum atomic E-state index is 7.99. The van der Waals surface area contributed by atoms with Crippen LogP contribution >= 0.6 is 0 Å². The first-order valence-corrected chi connectivity index (χ1v) is 3.57. The first-order valence-electron chi connectivity index (χ1n) is 3.57. The van der Waals surface area contributed by atoms with Crippen LogP contribution in [0.4, 0.5) is 0 Å². The van der Waals surface area contributed by atoms with E-state index in [9.17, 15) is 0 Å². The number of azide groups is 1. The van der Waals surface area contributed by atoms with Crippen LogP contribution in [0.2, 0.25) is 0 Å². The monoisotopic (exact) mass is 140 g/mol. The van der Waals surface area contributed by atoms with Crippen LogP contribution in [0.15, 0.2) is 5.11 Å². The van der Waals surface area contributed by atoms with Crippen molar-refractivity contribution in [1.82, 2.24) is 0 Å². The number of nitrogens with zero attached hydrogens (tertiary/aromatic N) is 3. The van der Waals surface area contributed by atoms with E-state index < -0.39 is 0 Å². The summed E-state index contributed by atoms with van der Waals surface area (Å²) in [5, 5.41) is 3.50. The van der Waals surface area contributed by atoms with Crippen molar-refractivity contribution in [2.24, 2.45) is 22.7 Å². The third-order valence-corrected chi connectivity index (χ3v) is 2.07. The summed E-state index contributed by atoms with van der Waals surface area (Å²) >= 11 is 0. The van der Waals surface area contributed by atoms with Gasteiger partial charge in [0.2, 0.25) is 0 Å². The fraction of sp³-hybridized carbons (Fsp3) is 1.00. The third kappa shape index (κ3) is 1.62. The van der Waals surface area contributed by atoms with Gasteiger partial charge in [-0.3, -0.25) is 0 Å². The molecule has 0 aromatic heterocycles. The molecule has 56 valence electrons. The highest BCUT2D eigenvalue weighted by Gasteiger charge is 2.26. The summed E-state index contributed by atoms with van der Waals surface area (Å²) in [6.45, 7) is 1.44. The van der Waals surface area contributed by atoms with Crippen LogP contribution in [0.25, 0.3) is 10.4 Å². The van der Waals surface area contributed by atoms with Crippen molar-refractivity contribution >= 4 is 0 Å². The van der Waals surface area contributed by atoms with Crippen LogP contribution in [0.5, 0.6) is 0 Å². The Labute approximate surface area is 60.0 Å². The second-order valence-electron chi connectivity index (χ2n) is 2.85. The number of rotatable bonds is 3. The van der Waals surface area contributed by atoms with Gasteiger partial charge in [-0.15, -0.1) is 0 Å². The third-order valence-electron chi connectivity index (χ3n) is 2.07. The van der Waals surface area contributed by atoms with Crippen molar-refractivity contribution < 1.29 is 0 Å². The molecule has 10 heavy (non-hydrogen) atoms. The molecule has 0 radical (unpaired) electrons. The maximum Gasteiger partial charge on any atom is 0.0286 e. The molecule has 0 unspecified atom stereocenters. The largest absolute Gasteiger partial charge is 0.330 e. The van der Waals surface area contributed by atoms with Crippen LogP contribution < -0.4 is 5.73 Å². The molecule has 1 rings (SSSR count). The normalized spacial score (nSPS) is 30.5. The Morgan fingerprint density at radius 2 is 2.20 bits per heavy atom. The molecule has 1 aliphatic rings. The van der Waals surface area contributed by atoms with E-state index in [1.54, 1.807) is 0 Å². The van der Waals surface area contributed by atoms with Crippen molar-refractivity contribution in [3.8, 4) is 0 Å². The molecule has 0 aliphatic heterocycles. The van der Waals surface area contributed by atoms with Gasteiger partial charge < -0.3 is 5.73 Å². The fourth-order valence-corrected chi connectivity index (χ4v) is 1.37. The first kappa shape index (κ1) is 7.38. The molecule has 0 aromatic rings. The van der Waals surface area contributed by atoms with E-state index in [4.69, 9.17) is 11.3 Å². The summed E-state index contributed by atoms with van der Waals surface area (Å²) < 4.78 is 0. The van der Waals surface area contributed by atoms with Gasteiger partial charge in [-0.05, 0) is 36.8 Å². The molecule has 2 N–H and O–H groups in total. The van der Waals surface area contributed by atoms with Gasteiger partial charge in [-0.1, -0.05) is 5.11 Å². The lowest BCUT2D eigenvalue weighted by Crippen LogP contribution is -2.31. The summed E-state index contributed by atoms with van der Waals surface area (Å²) in [5.74, 6) is 1.31. The van der Waals surface area contributed by atoms with Gasteiger partial charge >= 0.3 is 0 Å². The van der Waals surface area contributed by atoms with Crippen molar-refractivity contribution in [3.05, 3.63) is 10.4 Å². The van der Waals surface area contributed by atoms with Gasteiger partial charge in [0, 0.05) is 11.5 Å². The van der Waals surface area contributed by atoms with Crippen molar-refractivity contribution in [3.63, 3.8) is 0 Å². The Hall–Kier alpha value is -0.730. The van der Waals surface area contributed by atoms with Gasteiger partial charge in [0.05, 0.1) is 0 Å². The first-order chi connectivity index (χ1) is 4.86. The van der Waals surface area contributed by atoms with E-state index in [0.717, 1.165) is 19.4 Å². The molecule has 0 saturated heterocycles. The van der Waals surface area contributed by atoms with Crippen molar-refractivity contribution in [1.29, 1.82) is 0 Å². The quantitative estimate of drug-likeness (QED) is 0.358. The SMILES string of the molecule is [N-]=[N+]=NCC1CC(CN)C1. The predicted molar refractivity (Wildman–Crippen MR) is 39.3 cm³/mol. The predicted octanol–water partition coefficient (Wildman–Crippen LogP) is 1.28. The van der Waals surface area contributed by atoms with Gasteiger partial charge in [-0.2, -0.15) is 0 Å². The molecule has 0 bridgehead atoms. The summed E-state index contributed by atoms with van der Waals surface area (Å²) in [6, 6.07) is 0. The van der Waals surface area contributed by atoms with E-state index in [1.165, 1.54) is 0 Å². The number of nitrogens with two attached hydrogens (primary N) is 1. The molecular formula is C6H12N4. The molecule has 4 heteroatoms. The minimum Gasteiger partial charge on any atom is -0.330 e. The Morgan fingerprint density at radius 3 is 2.70 bits per heavy atom. The molecular weight excluding hydrogens is 128 g/mol. The Morgan fingerprint density at radius 1 is 1.50 bits per heavy atom. The molecule has 0 heterocycles. The minimum atomic E-state index is 0.615. The second kappa shape index (κ2) is 3.44. The van der Waals surface area contributed by atoms with Gasteiger partial charge in [0.1, 0.15) is 0 Å². The molecule has 4 nitrogen and oxygen atoms in total. The van der Waals surface area contributed by atoms with Gasteiger partial charge in [-0.25, -0.2) is 0 Å². The van der Waals surface area contributed by atoms with Crippen LogP contribution in [-0.4, -0.2) is 13.1 Å². The van der Waals surface area contributed by atoms with Gasteiger partial charge in [0.15, 0.2) is 0 Å². The lowest BCUT2D eigenvalue weighted by molar-refractivity contribution is 0.207. The second-order valence-corrected chi connectivity index (χ2v) is 2.85. The molecule has 1 fully saturated rings. The molecule has 0 aromatic carbocycles. The smallest absolute Gasteiger partial charge is 0.0286 e. The number of hydrogen-bond acceptors (Lipinski definition) is 2. The topological polar surface area (TPSA) is 74.8 Å². The average Bonchev–Trinajstić information content (AvgIpc) is 1.86. The van der Waals surface area contributed by atoms with Crippen LogP contribution in [-0.2, 0) is 0 Å². The molecule has 0 spiro atoms. The zero-order chi connectivity index (χ0) is 7.40. The van der Waals surface area contributed by atoms with Gasteiger partial charge in [0.25, 0.3) is 0 Å². The average molecular weight is 140 g/mol. The summed E-state index contributed by atoms with van der Waals surface area (Å²) in [5.41, 5.74) is 13.4. The Bertz CT molecular complexity index is 144. The minimum absolute atomic E-state index is 0.615. The van der Waals surface area contributed by atoms with E-state index in [-0.39, 0.29) is 0 Å². The molecule has 0 atom stereocenters. The summed E-state index contributed by atoms with van der Waals surface area (Å²) in [4.78, 5) is 2.70. The molecule has 1 saturated carbocycles. The van der Waals surface area contributed by atoms with E-state index in [0.29, 0.717) is 18.4 Å². The van der Waals surface area contributed by atoms with Crippen LogP contribution in [0, 0.1) is 11.8 Å². The van der Waals surface area contributed by atoms with Crippen molar-refractivity contribution in [2.45, 2.75) is 12.8 Å². The van der Waals surface area contributed by atoms with E-state index in [1.807, 2.05) is 0 Å². The Balaban J connectivity index is 2.08. The van der Waals surface area contributed by atoms with Crippen LogP contribution in [0.1, 0.15) is 12.8 Å². The summed E-state index contributed by atoms with van der Waals surface area (Å²) in [7, 11) is 0. The zero-order valence-corrected chi connectivity index (χ0v) is 5.90. The zero-order valence-electron chi connectivity index (χ0n) is 5.90. The van der Waals surface area contributed by atoms with E-state index in [2.05, 4.69) is 10.0 Å². The Kier molecular flexibility index (Phi) is 2.54. The summed E-state index contributed by atoms with van der Waals surface area (Å²) in [6.07, 6.45) is 2.30. The lowest BCUT2D eigenvalue weighted by Gasteiger charge is -2.33. The lowest BCUT2D eigenvalue weighted by atomic mass is 9.75. The highest BCUT2D eigenvalue weighted by atomic mass is 15.1. The molecule has 1 aliphatic carbocycles.